The predicted octanol–water partition coefficient (Wildman–Crippen LogP) is 25.0. The second-order valence-electron chi connectivity index (χ2n) is 26.4. The van der Waals surface area contributed by atoms with Crippen molar-refractivity contribution >= 4 is 34.1 Å². The van der Waals surface area contributed by atoms with Gasteiger partial charge in [-0.3, -0.25) is 0 Å². The minimum absolute atomic E-state index is 0.190. The molecule has 3 aliphatic carbocycles. The summed E-state index contributed by atoms with van der Waals surface area (Å²) in [5.74, 6) is 0. The van der Waals surface area contributed by atoms with Gasteiger partial charge >= 0.3 is 0 Å². The molecule has 3 aliphatic rings. The van der Waals surface area contributed by atoms with Crippen LogP contribution in [0.15, 0.2) is 279 Å². The summed E-state index contributed by atoms with van der Waals surface area (Å²) in [6.07, 6.45) is 9.50. The van der Waals surface area contributed by atoms with Crippen LogP contribution in [0.2, 0.25) is 0 Å². The monoisotopic (exact) mass is 1190 g/mol. The first-order valence-electron chi connectivity index (χ1n) is 33.8. The standard InChI is InChI=1S/C45H41N.C43H39N.C2H6/c1-4-45(2,3)41-21-13-31(14-22-41)32-15-23-42(24-16-32)46(43-25-17-35(18-26-43)39-11-7-33-5-9-37(33)29-39)44-27-19-36(20-28-44)40-12-8-34-6-10-38(34)30-40;1-4-43(2,3)39-22-14-32(15-23-39)34-18-26-41(27-19-34)44(40-24-16-33(17-25-40)31-8-6-5-7-9-31)42-28-20-36(21-29-42)38-13-11-35-10-12-37(35)30-38;1-2/h7-8,11-30H,4-6,9-10H2,1-3H3;5-9,11,13-30H,4,10,12H2,1-3H3;1-2H3. The van der Waals surface area contributed by atoms with Gasteiger partial charge in [-0.1, -0.05) is 262 Å². The van der Waals surface area contributed by atoms with Crippen molar-refractivity contribution in [2.45, 2.75) is 118 Å². The molecular formula is C90H86N2. The number of hydrogen-bond donors (Lipinski definition) is 0. The molecule has 12 aromatic rings. The minimum Gasteiger partial charge on any atom is -0.311 e. The Balaban J connectivity index is 0.000000164. The van der Waals surface area contributed by atoms with E-state index in [1.165, 1.54) is 150 Å². The molecule has 0 saturated carbocycles. The lowest BCUT2D eigenvalue weighted by atomic mass is 9.82. The lowest BCUT2D eigenvalue weighted by molar-refractivity contribution is 0.506. The Morgan fingerprint density at radius 1 is 0.228 bits per heavy atom. The number of nitrogens with zero attached hydrogens (tertiary/aromatic N) is 2. The SMILES string of the molecule is CC.CCC(C)(C)c1ccc(-c2ccc(N(c3ccc(-c4ccc5c(c4)CC5)cc3)c3ccc(-c4ccc5c(c4)CC5)cc3)cc2)cc1.CCC(C)(C)c1ccc(-c2ccc(N(c3ccc(-c4ccccc4)cc3)c3ccc(-c4ccc5c(c4)CC5)cc3)cc2)cc1. The third kappa shape index (κ3) is 12.8. The number of fused-ring (bicyclic) bond motifs is 3. The first kappa shape index (κ1) is 61.1. The van der Waals surface area contributed by atoms with Gasteiger partial charge in [-0.15, -0.1) is 0 Å². The van der Waals surface area contributed by atoms with Gasteiger partial charge in [-0.2, -0.15) is 0 Å². The van der Waals surface area contributed by atoms with Crippen LogP contribution in [0.1, 0.15) is 113 Å². The number of benzene rings is 12. The molecule has 15 rings (SSSR count). The van der Waals surface area contributed by atoms with Gasteiger partial charge in [0.25, 0.3) is 0 Å². The van der Waals surface area contributed by atoms with E-state index < -0.39 is 0 Å². The molecule has 2 nitrogen and oxygen atoms in total. The maximum absolute atomic E-state index is 2.37. The summed E-state index contributed by atoms with van der Waals surface area (Å²) >= 11 is 0. The van der Waals surface area contributed by atoms with Crippen molar-refractivity contribution in [2.24, 2.45) is 0 Å². The molecule has 0 radical (unpaired) electrons. The smallest absolute Gasteiger partial charge is 0.0462 e. The molecule has 12 aromatic carbocycles. The first-order valence-corrected chi connectivity index (χ1v) is 33.8. The Kier molecular flexibility index (Phi) is 17.7. The Labute approximate surface area is 548 Å². The number of aryl methyl sites for hydroxylation is 6. The summed E-state index contributed by atoms with van der Waals surface area (Å²) in [6, 6.07) is 104. The van der Waals surface area contributed by atoms with E-state index in [9.17, 15) is 0 Å². The molecule has 92 heavy (non-hydrogen) atoms. The van der Waals surface area contributed by atoms with Gasteiger partial charge in [0.05, 0.1) is 0 Å². The van der Waals surface area contributed by atoms with Crippen LogP contribution in [-0.4, -0.2) is 0 Å². The number of rotatable bonds is 16. The molecule has 2 heteroatoms. The van der Waals surface area contributed by atoms with Crippen molar-refractivity contribution in [3.8, 4) is 66.8 Å². The van der Waals surface area contributed by atoms with Gasteiger partial charge in [0, 0.05) is 34.1 Å². The average Bonchev–Trinajstić information content (AvgIpc) is 0.886. The molecule has 0 N–H and O–H groups in total. The van der Waals surface area contributed by atoms with E-state index in [1.54, 1.807) is 0 Å². The van der Waals surface area contributed by atoms with Crippen LogP contribution < -0.4 is 9.80 Å². The van der Waals surface area contributed by atoms with Crippen LogP contribution in [0.3, 0.4) is 0 Å². The molecule has 0 atom stereocenters. The molecule has 456 valence electrons. The Hall–Kier alpha value is -9.76. The van der Waals surface area contributed by atoms with Crippen LogP contribution in [-0.2, 0) is 49.4 Å². The summed E-state index contributed by atoms with van der Waals surface area (Å²) in [7, 11) is 0. The van der Waals surface area contributed by atoms with Gasteiger partial charge in [-0.05, 0) is 246 Å². The summed E-state index contributed by atoms with van der Waals surface area (Å²) in [4.78, 5) is 4.73. The highest BCUT2D eigenvalue weighted by molar-refractivity contribution is 5.84. The highest BCUT2D eigenvalue weighted by atomic mass is 15.1. The van der Waals surface area contributed by atoms with Crippen LogP contribution >= 0.6 is 0 Å². The van der Waals surface area contributed by atoms with E-state index in [4.69, 9.17) is 0 Å². The van der Waals surface area contributed by atoms with E-state index in [0.717, 1.165) is 47.0 Å². The molecular weight excluding hydrogens is 1110 g/mol. The zero-order valence-corrected chi connectivity index (χ0v) is 55.1. The van der Waals surface area contributed by atoms with Gasteiger partial charge < -0.3 is 9.80 Å². The Morgan fingerprint density at radius 3 is 0.630 bits per heavy atom. The van der Waals surface area contributed by atoms with Crippen molar-refractivity contribution in [3.63, 3.8) is 0 Å². The van der Waals surface area contributed by atoms with Gasteiger partial charge in [-0.25, -0.2) is 0 Å². The normalized spacial score (nSPS) is 12.6. The van der Waals surface area contributed by atoms with E-state index >= 15 is 0 Å². The van der Waals surface area contributed by atoms with Crippen LogP contribution in [0.4, 0.5) is 34.1 Å². The van der Waals surface area contributed by atoms with Gasteiger partial charge in [0.1, 0.15) is 0 Å². The summed E-state index contributed by atoms with van der Waals surface area (Å²) in [5.41, 5.74) is 34.1. The van der Waals surface area contributed by atoms with Crippen molar-refractivity contribution in [1.29, 1.82) is 0 Å². The summed E-state index contributed by atoms with van der Waals surface area (Å²) < 4.78 is 0. The molecule has 0 saturated heterocycles. The van der Waals surface area contributed by atoms with Crippen LogP contribution in [0.25, 0.3) is 66.8 Å². The number of anilines is 6. The third-order valence-corrected chi connectivity index (χ3v) is 20.2. The third-order valence-electron chi connectivity index (χ3n) is 20.2. The Morgan fingerprint density at radius 2 is 0.424 bits per heavy atom. The van der Waals surface area contributed by atoms with Gasteiger partial charge in [0.2, 0.25) is 0 Å². The molecule has 0 spiro atoms. The summed E-state index contributed by atoms with van der Waals surface area (Å²) in [5, 5.41) is 0. The predicted molar refractivity (Wildman–Crippen MR) is 395 cm³/mol. The zero-order valence-electron chi connectivity index (χ0n) is 55.1. The maximum Gasteiger partial charge on any atom is 0.0462 e. The fraction of sp³-hybridized carbons (Fsp3) is 0.200. The Bertz CT molecular complexity index is 4360. The fourth-order valence-electron chi connectivity index (χ4n) is 13.1. The molecule has 0 amide bonds. The minimum atomic E-state index is 0.190. The molecule has 0 fully saturated rings. The second-order valence-corrected chi connectivity index (χ2v) is 26.4. The maximum atomic E-state index is 2.37. The van der Waals surface area contributed by atoms with Crippen molar-refractivity contribution in [1.82, 2.24) is 0 Å². The zero-order chi connectivity index (χ0) is 63.3. The molecule has 0 aliphatic heterocycles. The molecule has 0 heterocycles. The average molecular weight is 1200 g/mol. The quantitative estimate of drug-likeness (QED) is 0.0951. The van der Waals surface area contributed by atoms with Crippen molar-refractivity contribution in [3.05, 3.63) is 324 Å². The molecule has 0 aromatic heterocycles. The fourth-order valence-corrected chi connectivity index (χ4v) is 13.1. The number of hydrogen-bond acceptors (Lipinski definition) is 2. The highest BCUT2D eigenvalue weighted by Gasteiger charge is 2.22. The van der Waals surface area contributed by atoms with E-state index in [2.05, 4.69) is 330 Å². The van der Waals surface area contributed by atoms with Crippen LogP contribution in [0, 0.1) is 0 Å². The van der Waals surface area contributed by atoms with E-state index in [0.29, 0.717) is 0 Å². The second kappa shape index (κ2) is 26.6. The molecule has 0 unspecified atom stereocenters. The highest BCUT2D eigenvalue weighted by Crippen LogP contribution is 2.42. The van der Waals surface area contributed by atoms with E-state index in [1.807, 2.05) is 13.8 Å². The lowest BCUT2D eigenvalue weighted by Crippen LogP contribution is -2.14. The lowest BCUT2D eigenvalue weighted by Gasteiger charge is -2.26. The molecule has 0 bridgehead atoms. The first-order chi connectivity index (χ1) is 44.9. The van der Waals surface area contributed by atoms with Crippen molar-refractivity contribution < 1.29 is 0 Å². The van der Waals surface area contributed by atoms with Crippen molar-refractivity contribution in [2.75, 3.05) is 9.80 Å². The topological polar surface area (TPSA) is 6.48 Å². The summed E-state index contributed by atoms with van der Waals surface area (Å²) in [6.45, 7) is 17.8. The largest absolute Gasteiger partial charge is 0.311 e. The van der Waals surface area contributed by atoms with Crippen LogP contribution in [0.5, 0.6) is 0 Å². The van der Waals surface area contributed by atoms with E-state index in [-0.39, 0.29) is 10.8 Å². The van der Waals surface area contributed by atoms with Gasteiger partial charge in [0.15, 0.2) is 0 Å².